The minimum atomic E-state index is -1.06. The van der Waals surface area contributed by atoms with E-state index in [-0.39, 0.29) is 30.1 Å². The van der Waals surface area contributed by atoms with Crippen LogP contribution in [0.15, 0.2) is 0 Å². The van der Waals surface area contributed by atoms with E-state index in [9.17, 15) is 19.5 Å². The average Bonchev–Trinajstić information content (AvgIpc) is 3.03. The van der Waals surface area contributed by atoms with Gasteiger partial charge >= 0.3 is 5.97 Å². The molecule has 2 amide bonds. The molecular weight excluding hydrogens is 234 g/mol. The van der Waals surface area contributed by atoms with E-state index in [1.807, 2.05) is 13.8 Å². The van der Waals surface area contributed by atoms with E-state index < -0.39 is 17.4 Å². The largest absolute Gasteiger partial charge is 0.480 e. The number of rotatable bonds is 4. The van der Waals surface area contributed by atoms with Crippen LogP contribution in [-0.2, 0) is 14.4 Å². The molecule has 0 aromatic rings. The minimum absolute atomic E-state index is 0.0209. The predicted octanol–water partition coefficient (Wildman–Crippen LogP) is 1.27. The van der Waals surface area contributed by atoms with E-state index in [1.165, 1.54) is 0 Å². The Kier molecular flexibility index (Phi) is 2.95. The number of carbonyl (C=O) groups excluding carboxylic acids is 2. The molecule has 1 N–H and O–H groups in total. The number of likely N-dealkylation sites (tertiary alicyclic amines) is 1. The topological polar surface area (TPSA) is 74.7 Å². The molecule has 2 aliphatic rings. The Balaban J connectivity index is 2.31. The van der Waals surface area contributed by atoms with Crippen LogP contribution >= 0.6 is 0 Å². The second-order valence-electron chi connectivity index (χ2n) is 5.94. The maximum Gasteiger partial charge on any atom is 0.327 e. The Labute approximate surface area is 106 Å². The van der Waals surface area contributed by atoms with Gasteiger partial charge in [0, 0.05) is 6.42 Å². The zero-order valence-electron chi connectivity index (χ0n) is 11.0. The Morgan fingerprint density at radius 2 is 1.94 bits per heavy atom. The lowest BCUT2D eigenvalue weighted by Gasteiger charge is -2.28. The van der Waals surface area contributed by atoms with Crippen molar-refractivity contribution >= 4 is 17.8 Å². The van der Waals surface area contributed by atoms with Crippen LogP contribution in [0.3, 0.4) is 0 Å². The van der Waals surface area contributed by atoms with Gasteiger partial charge in [-0.25, -0.2) is 4.79 Å². The van der Waals surface area contributed by atoms with Crippen molar-refractivity contribution in [3.8, 4) is 0 Å². The first-order valence-corrected chi connectivity index (χ1v) is 6.38. The second-order valence-corrected chi connectivity index (χ2v) is 5.94. The quantitative estimate of drug-likeness (QED) is 0.766. The third kappa shape index (κ3) is 1.82. The number of hydrogen-bond donors (Lipinski definition) is 1. The number of hydrogen-bond acceptors (Lipinski definition) is 3. The van der Waals surface area contributed by atoms with Gasteiger partial charge in [0.2, 0.25) is 11.8 Å². The van der Waals surface area contributed by atoms with Gasteiger partial charge in [-0.2, -0.15) is 0 Å². The normalized spacial score (nSPS) is 30.1. The highest BCUT2D eigenvalue weighted by Crippen LogP contribution is 2.44. The highest BCUT2D eigenvalue weighted by atomic mass is 16.4. The van der Waals surface area contributed by atoms with Crippen LogP contribution in [0.2, 0.25) is 0 Å². The van der Waals surface area contributed by atoms with Gasteiger partial charge in [-0.1, -0.05) is 13.8 Å². The Hall–Kier alpha value is -1.39. The molecule has 2 unspecified atom stereocenters. The second kappa shape index (κ2) is 4.07. The van der Waals surface area contributed by atoms with E-state index in [0.717, 1.165) is 17.7 Å². The molecule has 2 fully saturated rings. The summed E-state index contributed by atoms with van der Waals surface area (Å²) >= 11 is 0. The molecule has 18 heavy (non-hydrogen) atoms. The van der Waals surface area contributed by atoms with Crippen LogP contribution in [0.25, 0.3) is 0 Å². The zero-order valence-corrected chi connectivity index (χ0v) is 11.0. The highest BCUT2D eigenvalue weighted by Gasteiger charge is 2.56. The lowest BCUT2D eigenvalue weighted by Crippen LogP contribution is -2.48. The molecule has 1 saturated heterocycles. The summed E-state index contributed by atoms with van der Waals surface area (Å²) in [6.45, 7) is 5.53. The number of amides is 2. The van der Waals surface area contributed by atoms with Gasteiger partial charge in [-0.3, -0.25) is 14.5 Å². The van der Waals surface area contributed by atoms with Crippen molar-refractivity contribution in [1.82, 2.24) is 4.90 Å². The molecule has 0 spiro atoms. The standard InChI is InChI=1S/C13H19NO4/c1-7(2)13(3)6-9(15)14(12(13)18)10(11(16)17)8-4-5-8/h7-8,10H,4-6H2,1-3H3,(H,16,17). The van der Waals surface area contributed by atoms with Gasteiger partial charge in [0.05, 0.1) is 5.41 Å². The lowest BCUT2D eigenvalue weighted by atomic mass is 9.78. The van der Waals surface area contributed by atoms with Gasteiger partial charge in [0.1, 0.15) is 6.04 Å². The summed E-state index contributed by atoms with van der Waals surface area (Å²) in [5.74, 6) is -1.75. The molecular formula is C13H19NO4. The van der Waals surface area contributed by atoms with Gasteiger partial charge in [0.25, 0.3) is 0 Å². The monoisotopic (exact) mass is 253 g/mol. The third-order valence-electron chi connectivity index (χ3n) is 4.37. The van der Waals surface area contributed by atoms with Crippen LogP contribution in [0.5, 0.6) is 0 Å². The van der Waals surface area contributed by atoms with Crippen molar-refractivity contribution in [1.29, 1.82) is 0 Å². The molecule has 2 atom stereocenters. The van der Waals surface area contributed by atoms with Crippen LogP contribution < -0.4 is 0 Å². The molecule has 0 aromatic heterocycles. The Morgan fingerprint density at radius 1 is 1.39 bits per heavy atom. The Morgan fingerprint density at radius 3 is 2.28 bits per heavy atom. The van der Waals surface area contributed by atoms with Crippen molar-refractivity contribution in [3.63, 3.8) is 0 Å². The molecule has 0 aromatic carbocycles. The fraction of sp³-hybridized carbons (Fsp3) is 0.769. The summed E-state index contributed by atoms with van der Waals surface area (Å²) in [6.07, 6.45) is 1.69. The van der Waals surface area contributed by atoms with Gasteiger partial charge in [-0.15, -0.1) is 0 Å². The lowest BCUT2D eigenvalue weighted by molar-refractivity contribution is -0.157. The van der Waals surface area contributed by atoms with E-state index in [1.54, 1.807) is 6.92 Å². The van der Waals surface area contributed by atoms with Crippen LogP contribution in [0, 0.1) is 17.3 Å². The summed E-state index contributed by atoms with van der Waals surface area (Å²) in [5, 5.41) is 9.24. The minimum Gasteiger partial charge on any atom is -0.480 e. The van der Waals surface area contributed by atoms with E-state index in [0.29, 0.717) is 0 Å². The number of carboxylic acids is 1. The summed E-state index contributed by atoms with van der Waals surface area (Å²) in [4.78, 5) is 36.7. The molecule has 2 rings (SSSR count). The zero-order chi connectivity index (χ0) is 13.7. The first-order chi connectivity index (χ1) is 8.29. The fourth-order valence-corrected chi connectivity index (χ4v) is 2.53. The van der Waals surface area contributed by atoms with Crippen molar-refractivity contribution in [2.45, 2.75) is 46.1 Å². The number of nitrogens with zero attached hydrogens (tertiary/aromatic N) is 1. The maximum absolute atomic E-state index is 12.4. The first-order valence-electron chi connectivity index (χ1n) is 6.38. The third-order valence-corrected chi connectivity index (χ3v) is 4.37. The van der Waals surface area contributed by atoms with Crippen LogP contribution in [0.1, 0.15) is 40.0 Å². The van der Waals surface area contributed by atoms with Crippen molar-refractivity contribution < 1.29 is 19.5 Å². The molecule has 5 heteroatoms. The summed E-state index contributed by atoms with van der Waals surface area (Å²) < 4.78 is 0. The van der Waals surface area contributed by atoms with Crippen molar-refractivity contribution in [2.24, 2.45) is 17.3 Å². The van der Waals surface area contributed by atoms with E-state index in [2.05, 4.69) is 0 Å². The molecule has 1 aliphatic heterocycles. The first kappa shape index (κ1) is 13.1. The SMILES string of the molecule is CC(C)C1(C)CC(=O)N(C(C(=O)O)C2CC2)C1=O. The number of carboxylic acid groups (broad SMARTS) is 1. The van der Waals surface area contributed by atoms with E-state index in [4.69, 9.17) is 0 Å². The Bertz CT molecular complexity index is 413. The van der Waals surface area contributed by atoms with Gasteiger partial charge in [0.15, 0.2) is 0 Å². The number of carbonyl (C=O) groups is 3. The fourth-order valence-electron chi connectivity index (χ4n) is 2.53. The summed E-state index contributed by atoms with van der Waals surface area (Å²) in [6, 6.07) is -0.953. The molecule has 0 radical (unpaired) electrons. The predicted molar refractivity (Wildman–Crippen MR) is 63.6 cm³/mol. The van der Waals surface area contributed by atoms with E-state index >= 15 is 0 Å². The molecule has 1 aliphatic carbocycles. The van der Waals surface area contributed by atoms with Crippen molar-refractivity contribution in [3.05, 3.63) is 0 Å². The molecule has 5 nitrogen and oxygen atoms in total. The molecule has 1 saturated carbocycles. The average molecular weight is 253 g/mol. The van der Waals surface area contributed by atoms with Gasteiger partial charge < -0.3 is 5.11 Å². The van der Waals surface area contributed by atoms with Gasteiger partial charge in [-0.05, 0) is 31.6 Å². The molecule has 0 bridgehead atoms. The molecule has 1 heterocycles. The van der Waals surface area contributed by atoms with Crippen molar-refractivity contribution in [2.75, 3.05) is 0 Å². The number of imide groups is 1. The molecule has 100 valence electrons. The number of aliphatic carboxylic acids is 1. The summed E-state index contributed by atoms with van der Waals surface area (Å²) in [5.41, 5.74) is -0.750. The highest BCUT2D eigenvalue weighted by molar-refractivity contribution is 6.08. The summed E-state index contributed by atoms with van der Waals surface area (Å²) in [7, 11) is 0. The van der Waals surface area contributed by atoms with Crippen LogP contribution in [-0.4, -0.2) is 33.8 Å². The smallest absolute Gasteiger partial charge is 0.327 e. The maximum atomic E-state index is 12.4. The van der Waals surface area contributed by atoms with Crippen LogP contribution in [0.4, 0.5) is 0 Å².